The van der Waals surface area contributed by atoms with Crippen LogP contribution in [0.2, 0.25) is 0 Å². The van der Waals surface area contributed by atoms with Gasteiger partial charge in [-0.2, -0.15) is 0 Å². The number of guanidine groups is 1. The number of aromatic nitrogens is 1. The number of amides is 1. The van der Waals surface area contributed by atoms with Crippen molar-refractivity contribution in [1.82, 2.24) is 10.0 Å². The molecular weight excluding hydrogens is 424 g/mol. The highest BCUT2D eigenvalue weighted by atomic mass is 32.2. The maximum Gasteiger partial charge on any atom is 0.275 e. The summed E-state index contributed by atoms with van der Waals surface area (Å²) in [5.41, 5.74) is 12.9. The molecule has 12 heteroatoms. The number of aryl methyl sites for hydroxylation is 1. The Kier molecular flexibility index (Phi) is 8.16. The fourth-order valence-electron chi connectivity index (χ4n) is 2.98. The van der Waals surface area contributed by atoms with Crippen LogP contribution in [0.5, 0.6) is 0 Å². The molecule has 1 aromatic carbocycles. The number of hydroxylamine groups is 1. The number of nitrogens with zero attached hydrogens (tertiary/aromatic N) is 1. The molecule has 0 radical (unpaired) electrons. The van der Waals surface area contributed by atoms with Crippen molar-refractivity contribution in [3.63, 3.8) is 0 Å². The van der Waals surface area contributed by atoms with Crippen molar-refractivity contribution in [3.05, 3.63) is 64.1 Å². The summed E-state index contributed by atoms with van der Waals surface area (Å²) in [7, 11) is -3.86. The summed E-state index contributed by atoms with van der Waals surface area (Å²) in [6.45, 7) is 1.73. The molecule has 0 fully saturated rings. The largest absolute Gasteiger partial charge is 0.368 e. The first kappa shape index (κ1) is 23.9. The summed E-state index contributed by atoms with van der Waals surface area (Å²) in [4.78, 5) is 29.9. The van der Waals surface area contributed by atoms with Crippen molar-refractivity contribution in [3.8, 4) is 0 Å². The average Bonchev–Trinajstić information content (AvgIpc) is 2.68. The van der Waals surface area contributed by atoms with Gasteiger partial charge in [-0.25, -0.2) is 13.9 Å². The third kappa shape index (κ3) is 7.12. The smallest absolute Gasteiger partial charge is 0.275 e. The number of carbonyl (C=O) groups is 1. The van der Waals surface area contributed by atoms with E-state index in [1.54, 1.807) is 37.3 Å². The summed E-state index contributed by atoms with van der Waals surface area (Å²) in [5.74, 6) is -1.41. The molecule has 0 spiro atoms. The van der Waals surface area contributed by atoms with Gasteiger partial charge in [-0.3, -0.25) is 29.1 Å². The predicted octanol–water partition coefficient (Wildman–Crippen LogP) is 0.320. The minimum absolute atomic E-state index is 0.112. The van der Waals surface area contributed by atoms with Crippen molar-refractivity contribution < 1.29 is 18.0 Å². The van der Waals surface area contributed by atoms with Crippen LogP contribution in [0.1, 0.15) is 30.1 Å². The topological polar surface area (TPSA) is 182 Å². The Labute approximate surface area is 179 Å². The van der Waals surface area contributed by atoms with Crippen LogP contribution >= 0.6 is 0 Å². The number of nitrogens with two attached hydrogens (primary N) is 2. The Morgan fingerprint density at radius 1 is 1.19 bits per heavy atom. The van der Waals surface area contributed by atoms with Crippen LogP contribution in [0.25, 0.3) is 0 Å². The molecule has 2 rings (SSSR count). The standard InChI is InChI=1S/C19H26N6O5S/c1-13-9-10-15(24-31(28,29)12-14-6-3-2-4-7-14)18(27)25(13)16(17(20)26)8-5-11-30-23-19(21)22/h2-4,6-7,9-10,16,24H,5,8,11-12H2,1H3,(H2,20,26)(H4,21,22,23). The quantitative estimate of drug-likeness (QED) is 0.141. The Balaban J connectivity index is 2.22. The molecular formula is C19H26N6O5S. The molecule has 31 heavy (non-hydrogen) atoms. The van der Waals surface area contributed by atoms with Gasteiger partial charge in [0.2, 0.25) is 21.9 Å². The number of sulfonamides is 1. The molecule has 1 aromatic heterocycles. The normalized spacial score (nSPS) is 12.2. The first-order chi connectivity index (χ1) is 14.6. The van der Waals surface area contributed by atoms with E-state index >= 15 is 0 Å². The zero-order valence-electron chi connectivity index (χ0n) is 17.0. The Hall–Kier alpha value is -3.38. The van der Waals surface area contributed by atoms with E-state index in [1.165, 1.54) is 16.7 Å². The van der Waals surface area contributed by atoms with Crippen molar-refractivity contribution in [2.45, 2.75) is 31.6 Å². The molecule has 0 saturated heterocycles. The summed E-state index contributed by atoms with van der Waals surface area (Å²) >= 11 is 0. The van der Waals surface area contributed by atoms with E-state index < -0.39 is 27.5 Å². The second-order valence-electron chi connectivity index (χ2n) is 6.83. The van der Waals surface area contributed by atoms with Crippen molar-refractivity contribution in [1.29, 1.82) is 5.41 Å². The van der Waals surface area contributed by atoms with Crippen LogP contribution in [0.3, 0.4) is 0 Å². The van der Waals surface area contributed by atoms with E-state index in [2.05, 4.69) is 10.2 Å². The Morgan fingerprint density at radius 3 is 2.48 bits per heavy atom. The van der Waals surface area contributed by atoms with Gasteiger partial charge in [0.05, 0.1) is 12.4 Å². The average molecular weight is 451 g/mol. The second kappa shape index (κ2) is 10.6. The van der Waals surface area contributed by atoms with Gasteiger partial charge < -0.3 is 11.5 Å². The number of nitrogens with one attached hydrogen (secondary N) is 3. The lowest BCUT2D eigenvalue weighted by atomic mass is 10.1. The van der Waals surface area contributed by atoms with Crippen LogP contribution in [0, 0.1) is 12.3 Å². The zero-order chi connectivity index (χ0) is 23.0. The molecule has 0 aliphatic heterocycles. The van der Waals surface area contributed by atoms with Gasteiger partial charge in [0.15, 0.2) is 0 Å². The van der Waals surface area contributed by atoms with E-state index in [9.17, 15) is 18.0 Å². The Bertz CT molecular complexity index is 1080. The van der Waals surface area contributed by atoms with E-state index in [-0.39, 0.29) is 30.4 Å². The van der Waals surface area contributed by atoms with Gasteiger partial charge >= 0.3 is 0 Å². The highest BCUT2D eigenvalue weighted by Gasteiger charge is 2.23. The molecule has 0 saturated carbocycles. The first-order valence-electron chi connectivity index (χ1n) is 9.38. The Morgan fingerprint density at radius 2 is 1.87 bits per heavy atom. The van der Waals surface area contributed by atoms with Crippen LogP contribution in [-0.4, -0.2) is 31.5 Å². The van der Waals surface area contributed by atoms with E-state index in [0.717, 1.165) is 0 Å². The highest BCUT2D eigenvalue weighted by molar-refractivity contribution is 7.91. The van der Waals surface area contributed by atoms with Gasteiger partial charge in [-0.05, 0) is 37.5 Å². The molecule has 168 valence electrons. The van der Waals surface area contributed by atoms with Gasteiger partial charge in [0.25, 0.3) is 5.56 Å². The van der Waals surface area contributed by atoms with E-state index in [0.29, 0.717) is 17.7 Å². The maximum absolute atomic E-state index is 13.0. The number of carbonyl (C=O) groups excluding carboxylic acids is 1. The van der Waals surface area contributed by atoms with Crippen molar-refractivity contribution >= 4 is 27.6 Å². The lowest BCUT2D eigenvalue weighted by Gasteiger charge is -2.20. The number of pyridine rings is 1. The molecule has 1 unspecified atom stereocenters. The van der Waals surface area contributed by atoms with Gasteiger partial charge in [0, 0.05) is 5.69 Å². The van der Waals surface area contributed by atoms with Crippen molar-refractivity contribution in [2.75, 3.05) is 11.3 Å². The molecule has 0 aliphatic carbocycles. The van der Waals surface area contributed by atoms with Crippen LogP contribution in [0.4, 0.5) is 5.69 Å². The minimum Gasteiger partial charge on any atom is -0.368 e. The molecule has 7 N–H and O–H groups in total. The summed E-state index contributed by atoms with van der Waals surface area (Å²) in [6, 6.07) is 10.4. The van der Waals surface area contributed by atoms with Gasteiger partial charge in [-0.1, -0.05) is 30.3 Å². The number of hydrogen-bond acceptors (Lipinski definition) is 6. The van der Waals surface area contributed by atoms with Gasteiger partial charge in [-0.15, -0.1) is 0 Å². The highest BCUT2D eigenvalue weighted by Crippen LogP contribution is 2.17. The lowest BCUT2D eigenvalue weighted by Crippen LogP contribution is -2.37. The number of hydrogen-bond donors (Lipinski definition) is 5. The monoisotopic (exact) mass is 450 g/mol. The predicted molar refractivity (Wildman–Crippen MR) is 117 cm³/mol. The zero-order valence-corrected chi connectivity index (χ0v) is 17.8. The van der Waals surface area contributed by atoms with E-state index in [1.807, 2.05) is 0 Å². The fraction of sp³-hybridized carbons (Fsp3) is 0.316. The molecule has 2 aromatic rings. The van der Waals surface area contributed by atoms with Crippen molar-refractivity contribution in [2.24, 2.45) is 11.5 Å². The van der Waals surface area contributed by atoms with Crippen LogP contribution in [0.15, 0.2) is 47.3 Å². The molecule has 1 amide bonds. The number of benzene rings is 1. The first-order valence-corrected chi connectivity index (χ1v) is 11.0. The summed E-state index contributed by atoms with van der Waals surface area (Å²) in [5, 5.41) is 7.01. The third-order valence-corrected chi connectivity index (χ3v) is 5.58. The second-order valence-corrected chi connectivity index (χ2v) is 8.56. The maximum atomic E-state index is 13.0. The molecule has 0 aliphatic rings. The summed E-state index contributed by atoms with van der Waals surface area (Å²) in [6.07, 6.45) is 0.486. The number of anilines is 1. The molecule has 11 nitrogen and oxygen atoms in total. The molecule has 1 heterocycles. The van der Waals surface area contributed by atoms with E-state index in [4.69, 9.17) is 21.7 Å². The minimum atomic E-state index is -3.86. The van der Waals surface area contributed by atoms with Crippen LogP contribution < -0.4 is 27.2 Å². The van der Waals surface area contributed by atoms with Crippen LogP contribution in [-0.2, 0) is 25.4 Å². The number of rotatable bonds is 11. The SMILES string of the molecule is Cc1ccc(NS(=O)(=O)Cc2ccccc2)c(=O)n1C(CCCONC(=N)N)C(N)=O. The lowest BCUT2D eigenvalue weighted by molar-refractivity contribution is -0.121. The molecule has 1 atom stereocenters. The third-order valence-electron chi connectivity index (χ3n) is 4.33. The molecule has 0 bridgehead atoms. The fourth-order valence-corrected chi connectivity index (χ4v) is 4.18. The number of primary amides is 1. The summed E-state index contributed by atoms with van der Waals surface area (Å²) < 4.78 is 28.5. The van der Waals surface area contributed by atoms with Gasteiger partial charge in [0.1, 0.15) is 11.7 Å².